The van der Waals surface area contributed by atoms with Crippen LogP contribution in [-0.2, 0) is 13.1 Å². The van der Waals surface area contributed by atoms with Gasteiger partial charge < -0.3 is 30.1 Å². The molecule has 0 aliphatic heterocycles. The summed E-state index contributed by atoms with van der Waals surface area (Å²) in [6.45, 7) is -0.518. The van der Waals surface area contributed by atoms with Gasteiger partial charge in [0.15, 0.2) is 11.5 Å². The number of hydrogen-bond donors (Lipinski definition) is 6. The molecular weight excluding hydrogens is 756 g/mol. The number of nitrogens with two attached hydrogens (primary N) is 4. The van der Waals surface area contributed by atoms with E-state index in [0.717, 1.165) is 12.1 Å². The fraction of sp³-hybridized carbons (Fsp3) is 0.118. The van der Waals surface area contributed by atoms with Crippen LogP contribution in [-0.4, -0.2) is 57.0 Å². The number of ether oxygens (including phenoxy) is 2. The molecule has 0 unspecified atom stereocenters. The van der Waals surface area contributed by atoms with Crippen molar-refractivity contribution in [1.29, 1.82) is 0 Å². The molecule has 0 aliphatic carbocycles. The van der Waals surface area contributed by atoms with E-state index in [1.165, 1.54) is 47.6 Å². The van der Waals surface area contributed by atoms with E-state index >= 15 is 8.78 Å². The molecule has 2 heterocycles. The van der Waals surface area contributed by atoms with Gasteiger partial charge in [-0.15, -0.1) is 12.4 Å². The summed E-state index contributed by atoms with van der Waals surface area (Å²) in [5, 5.41) is 0. The van der Waals surface area contributed by atoms with Crippen LogP contribution in [0.2, 0.25) is 0 Å². The van der Waals surface area contributed by atoms with Crippen molar-refractivity contribution in [3.05, 3.63) is 94.1 Å². The molecular formula is C34H29ClF4N10O6. The van der Waals surface area contributed by atoms with Crippen LogP contribution in [0.15, 0.2) is 48.5 Å². The van der Waals surface area contributed by atoms with E-state index in [2.05, 4.69) is 9.97 Å². The summed E-state index contributed by atoms with van der Waals surface area (Å²) in [6.07, 6.45) is 0. The largest absolute Gasteiger partial charge is 0.494 e. The van der Waals surface area contributed by atoms with Crippen molar-refractivity contribution in [2.75, 3.05) is 14.2 Å². The maximum absolute atomic E-state index is 15.8. The van der Waals surface area contributed by atoms with Crippen molar-refractivity contribution in [2.45, 2.75) is 13.1 Å². The van der Waals surface area contributed by atoms with E-state index in [1.54, 1.807) is 0 Å². The number of benzene rings is 4. The van der Waals surface area contributed by atoms with Crippen LogP contribution >= 0.6 is 12.4 Å². The molecule has 6 aromatic rings. The molecule has 0 aliphatic rings. The Hall–Kier alpha value is -6.77. The van der Waals surface area contributed by atoms with E-state index in [0.29, 0.717) is 12.1 Å². The lowest BCUT2D eigenvalue weighted by Gasteiger charge is -2.16. The Balaban J connectivity index is 0.00000580. The van der Waals surface area contributed by atoms with Crippen LogP contribution in [0.4, 0.5) is 17.6 Å². The zero-order valence-corrected chi connectivity index (χ0v) is 29.3. The van der Waals surface area contributed by atoms with Gasteiger partial charge in [-0.05, 0) is 36.4 Å². The molecule has 0 saturated heterocycles. The summed E-state index contributed by atoms with van der Waals surface area (Å²) in [6, 6.07) is 7.98. The zero-order valence-electron chi connectivity index (χ0n) is 28.5. The Kier molecular flexibility index (Phi) is 11.0. The topological polar surface area (TPSA) is 251 Å². The number of aromatic nitrogens is 4. The Morgan fingerprint density at radius 2 is 1.00 bits per heavy atom. The summed E-state index contributed by atoms with van der Waals surface area (Å²) in [5.74, 6) is 1.31. The zero-order chi connectivity index (χ0) is 39.2. The predicted octanol–water partition coefficient (Wildman–Crippen LogP) is 2.82. The van der Waals surface area contributed by atoms with Crippen molar-refractivity contribution in [3.8, 4) is 34.3 Å². The van der Waals surface area contributed by atoms with Gasteiger partial charge in [0.05, 0.1) is 58.6 Å². The predicted molar refractivity (Wildman–Crippen MR) is 191 cm³/mol. The highest BCUT2D eigenvalue weighted by atomic mass is 35.5. The fourth-order valence-electron chi connectivity index (χ4n) is 6.29. The minimum absolute atomic E-state index is 0. The number of carbonyl (C=O) groups excluding carboxylic acids is 4. The van der Waals surface area contributed by atoms with Gasteiger partial charge in [0.2, 0.25) is 0 Å². The first-order valence-corrected chi connectivity index (χ1v) is 15.5. The number of rotatable bonds is 11. The van der Waals surface area contributed by atoms with E-state index < -0.39 is 69.2 Å². The summed E-state index contributed by atoms with van der Waals surface area (Å²) in [7, 11) is 2.46. The third-order valence-electron chi connectivity index (χ3n) is 8.54. The molecule has 4 amide bonds. The lowest BCUT2D eigenvalue weighted by atomic mass is 10.0. The number of fused-ring (bicyclic) bond motifs is 2. The van der Waals surface area contributed by atoms with Gasteiger partial charge in [0.1, 0.15) is 46.0 Å². The lowest BCUT2D eigenvalue weighted by molar-refractivity contribution is 0.0945. The second kappa shape index (κ2) is 15.3. The summed E-state index contributed by atoms with van der Waals surface area (Å²) in [4.78, 5) is 59.3. The van der Waals surface area contributed by atoms with Crippen molar-refractivity contribution in [2.24, 2.45) is 23.2 Å². The van der Waals surface area contributed by atoms with Crippen LogP contribution in [0.5, 0.6) is 11.5 Å². The maximum atomic E-state index is 15.8. The normalized spacial score (nSPS) is 11.0. The molecule has 286 valence electrons. The van der Waals surface area contributed by atoms with Crippen LogP contribution in [0.3, 0.4) is 0 Å². The number of carbonyl (C=O) groups is 4. The lowest BCUT2D eigenvalue weighted by Crippen LogP contribution is -2.31. The average Bonchev–Trinajstić information content (AvgIpc) is 3.69. The number of nitrogens with one attached hydrogen (secondary N) is 2. The van der Waals surface area contributed by atoms with Crippen LogP contribution < -0.4 is 43.5 Å². The van der Waals surface area contributed by atoms with Gasteiger partial charge >= 0.3 is 0 Å². The molecule has 16 nitrogen and oxygen atoms in total. The van der Waals surface area contributed by atoms with Crippen molar-refractivity contribution >= 4 is 58.1 Å². The fourth-order valence-corrected chi connectivity index (χ4v) is 6.29. The standard InChI is InChI=1S/C34H28F4N10O6.ClH/c1-53-27-15(29(39)49)3-5-21-25(27)43-31(23-17(33(51)45-41)9-13(35)11-19(23)37)47(21)7-8-48-22-6-4-16(30(40)50)28(54-2)26(22)44-32(48)24-18(34(52)46-42)10-14(36)12-20(24)38;/h3-6,9-12H,7-8,41-42H2,1-2H3,(H2,39,49)(H2,40,50)(H,45,51)(H,46,52);1H. The first-order valence-electron chi connectivity index (χ1n) is 15.5. The molecule has 6 rings (SSSR count). The highest BCUT2D eigenvalue weighted by Gasteiger charge is 2.29. The quantitative estimate of drug-likeness (QED) is 0.0485. The minimum atomic E-state index is -1.22. The number of methoxy groups -OCH3 is 2. The molecule has 0 radical (unpaired) electrons. The second-order valence-corrected chi connectivity index (χ2v) is 11.5. The van der Waals surface area contributed by atoms with Crippen LogP contribution in [0, 0.1) is 23.3 Å². The van der Waals surface area contributed by atoms with Crippen molar-refractivity contribution < 1.29 is 46.2 Å². The SMILES string of the molecule is COc1c(C(N)=O)ccc2c1nc(-c1c(F)cc(F)cc1C(=O)NN)n2CCn1c(-c2c(F)cc(F)cc2C(=O)NN)nc2c(OC)c(C(N)=O)ccc21.Cl. The van der Waals surface area contributed by atoms with E-state index in [4.69, 9.17) is 32.6 Å². The summed E-state index contributed by atoms with van der Waals surface area (Å²) in [5.41, 5.74) is 12.8. The summed E-state index contributed by atoms with van der Waals surface area (Å²) >= 11 is 0. The maximum Gasteiger partial charge on any atom is 0.266 e. The Labute approximate surface area is 312 Å². The first kappa shape index (κ1) is 39.4. The third kappa shape index (κ3) is 6.68. The third-order valence-corrected chi connectivity index (χ3v) is 8.54. The number of nitrogens with zero attached hydrogens (tertiary/aromatic N) is 4. The molecule has 0 spiro atoms. The van der Waals surface area contributed by atoms with Crippen molar-refractivity contribution in [1.82, 2.24) is 30.0 Å². The minimum Gasteiger partial charge on any atom is -0.494 e. The second-order valence-electron chi connectivity index (χ2n) is 11.5. The number of amides is 4. The highest BCUT2D eigenvalue weighted by molar-refractivity contribution is 6.05. The van der Waals surface area contributed by atoms with Gasteiger partial charge in [0, 0.05) is 25.2 Å². The highest BCUT2D eigenvalue weighted by Crippen LogP contribution is 2.38. The molecule has 21 heteroatoms. The number of halogens is 5. The number of nitrogen functional groups attached to an aromatic ring is 2. The molecule has 0 bridgehead atoms. The molecule has 0 atom stereocenters. The van der Waals surface area contributed by atoms with Gasteiger partial charge in [-0.2, -0.15) is 0 Å². The number of primary amides is 2. The summed E-state index contributed by atoms with van der Waals surface area (Å²) < 4.78 is 74.3. The van der Waals surface area contributed by atoms with Crippen LogP contribution in [0.25, 0.3) is 44.8 Å². The average molecular weight is 785 g/mol. The molecule has 0 saturated carbocycles. The van der Waals surface area contributed by atoms with Gasteiger partial charge in [-0.25, -0.2) is 39.2 Å². The number of aryl methyl sites for hydroxylation is 2. The van der Waals surface area contributed by atoms with E-state index in [9.17, 15) is 28.0 Å². The molecule has 10 N–H and O–H groups in total. The first-order chi connectivity index (χ1) is 25.8. The molecule has 4 aromatic carbocycles. The Bertz CT molecular complexity index is 2400. The Morgan fingerprint density at radius 3 is 1.31 bits per heavy atom. The molecule has 2 aromatic heterocycles. The van der Waals surface area contributed by atoms with E-state index in [-0.39, 0.29) is 81.8 Å². The van der Waals surface area contributed by atoms with Gasteiger partial charge in [-0.1, -0.05) is 0 Å². The number of imidazole rings is 2. The van der Waals surface area contributed by atoms with E-state index in [1.807, 2.05) is 10.9 Å². The number of hydrogen-bond acceptors (Lipinski definition) is 10. The molecule has 0 fully saturated rings. The molecule has 55 heavy (non-hydrogen) atoms. The van der Waals surface area contributed by atoms with Crippen molar-refractivity contribution in [3.63, 3.8) is 0 Å². The van der Waals surface area contributed by atoms with Gasteiger partial charge in [0.25, 0.3) is 23.6 Å². The monoisotopic (exact) mass is 784 g/mol. The Morgan fingerprint density at radius 1 is 0.636 bits per heavy atom. The van der Waals surface area contributed by atoms with Gasteiger partial charge in [-0.3, -0.25) is 30.0 Å². The number of hydrazine groups is 2. The van der Waals surface area contributed by atoms with Crippen LogP contribution in [0.1, 0.15) is 41.4 Å². The smallest absolute Gasteiger partial charge is 0.266 e.